The normalized spacial score (nSPS) is 17.0. The van der Waals surface area contributed by atoms with Gasteiger partial charge in [-0.15, -0.1) is 0 Å². The Morgan fingerprint density at radius 1 is 0.853 bits per heavy atom. The Bertz CT molecular complexity index is 1150. The zero-order valence-electron chi connectivity index (χ0n) is 19.7. The first kappa shape index (κ1) is 22.4. The predicted molar refractivity (Wildman–Crippen MR) is 133 cm³/mol. The molecule has 34 heavy (non-hydrogen) atoms. The van der Waals surface area contributed by atoms with E-state index in [0.717, 1.165) is 49.4 Å². The van der Waals surface area contributed by atoms with E-state index in [1.54, 1.807) is 0 Å². The first-order valence-electron chi connectivity index (χ1n) is 12.1. The summed E-state index contributed by atoms with van der Waals surface area (Å²) in [5.74, 6) is 0.135. The minimum absolute atomic E-state index is 0.0154. The van der Waals surface area contributed by atoms with Crippen LogP contribution in [0.4, 0.5) is 0 Å². The first-order chi connectivity index (χ1) is 16.6. The number of carbonyl (C=O) groups excluding carboxylic acids is 2. The quantitative estimate of drug-likeness (QED) is 0.555. The molecule has 3 aromatic carbocycles. The Morgan fingerprint density at radius 2 is 1.53 bits per heavy atom. The van der Waals surface area contributed by atoms with Crippen molar-refractivity contribution >= 4 is 11.8 Å². The molecule has 3 aromatic rings. The van der Waals surface area contributed by atoms with Crippen LogP contribution in [0, 0.1) is 6.92 Å². The van der Waals surface area contributed by atoms with Crippen molar-refractivity contribution in [3.05, 3.63) is 107 Å². The molecule has 0 saturated carbocycles. The standard InChI is InChI=1S/C29H31N3O2/c1-22-11-13-24(14-12-22)27(32-21-25-9-5-6-10-26(25)29(32)34)19-28(33)31-17-15-30(16-18-31)20-23-7-3-2-4-8-23/h2-14,27H,15-21H2,1H3/t27-/m1/s1. The molecule has 2 amide bonds. The molecule has 0 unspecified atom stereocenters. The average molecular weight is 454 g/mol. The first-order valence-corrected chi connectivity index (χ1v) is 12.1. The molecule has 5 heteroatoms. The van der Waals surface area contributed by atoms with Gasteiger partial charge < -0.3 is 9.80 Å². The number of hydrogen-bond donors (Lipinski definition) is 0. The lowest BCUT2D eigenvalue weighted by Crippen LogP contribution is -2.49. The number of piperazine rings is 1. The van der Waals surface area contributed by atoms with Gasteiger partial charge >= 0.3 is 0 Å². The van der Waals surface area contributed by atoms with Gasteiger partial charge in [-0.25, -0.2) is 0 Å². The summed E-state index contributed by atoms with van der Waals surface area (Å²) in [5, 5.41) is 0. The van der Waals surface area contributed by atoms with E-state index in [4.69, 9.17) is 0 Å². The van der Waals surface area contributed by atoms with Crippen LogP contribution in [-0.2, 0) is 17.9 Å². The Labute approximate surface area is 201 Å². The third-order valence-corrected chi connectivity index (χ3v) is 7.03. The zero-order valence-corrected chi connectivity index (χ0v) is 19.7. The molecule has 0 bridgehead atoms. The predicted octanol–water partition coefficient (Wildman–Crippen LogP) is 4.43. The minimum atomic E-state index is -0.268. The van der Waals surface area contributed by atoms with Gasteiger partial charge in [-0.2, -0.15) is 0 Å². The fourth-order valence-corrected chi connectivity index (χ4v) is 5.02. The van der Waals surface area contributed by atoms with E-state index >= 15 is 0 Å². The van der Waals surface area contributed by atoms with Crippen LogP contribution in [0.15, 0.2) is 78.9 Å². The van der Waals surface area contributed by atoms with Gasteiger partial charge in [-0.05, 0) is 29.7 Å². The number of hydrogen-bond acceptors (Lipinski definition) is 3. The molecule has 2 heterocycles. The molecule has 0 N–H and O–H groups in total. The van der Waals surface area contributed by atoms with Gasteiger partial charge in [0.15, 0.2) is 0 Å². The van der Waals surface area contributed by atoms with Crippen molar-refractivity contribution < 1.29 is 9.59 Å². The lowest BCUT2D eigenvalue weighted by atomic mass is 9.99. The maximum atomic E-state index is 13.4. The summed E-state index contributed by atoms with van der Waals surface area (Å²) >= 11 is 0. The largest absolute Gasteiger partial charge is 0.340 e. The molecule has 0 aliphatic carbocycles. The van der Waals surface area contributed by atoms with Crippen molar-refractivity contribution in [2.75, 3.05) is 26.2 Å². The third-order valence-electron chi connectivity index (χ3n) is 7.03. The molecule has 5 nitrogen and oxygen atoms in total. The van der Waals surface area contributed by atoms with Gasteiger partial charge in [-0.1, -0.05) is 78.4 Å². The van der Waals surface area contributed by atoms with Gasteiger partial charge in [0.2, 0.25) is 5.91 Å². The van der Waals surface area contributed by atoms with E-state index in [9.17, 15) is 9.59 Å². The van der Waals surface area contributed by atoms with Crippen molar-refractivity contribution in [1.82, 2.24) is 14.7 Å². The number of rotatable bonds is 6. The lowest BCUT2D eigenvalue weighted by molar-refractivity contribution is -0.134. The van der Waals surface area contributed by atoms with Crippen molar-refractivity contribution in [3.63, 3.8) is 0 Å². The van der Waals surface area contributed by atoms with E-state index in [0.29, 0.717) is 13.0 Å². The van der Waals surface area contributed by atoms with Crippen LogP contribution in [0.1, 0.15) is 45.1 Å². The van der Waals surface area contributed by atoms with Gasteiger partial charge in [-0.3, -0.25) is 14.5 Å². The molecular weight excluding hydrogens is 422 g/mol. The lowest BCUT2D eigenvalue weighted by Gasteiger charge is -2.36. The summed E-state index contributed by atoms with van der Waals surface area (Å²) in [7, 11) is 0. The van der Waals surface area contributed by atoms with Gasteiger partial charge in [0.1, 0.15) is 0 Å². The van der Waals surface area contributed by atoms with E-state index in [-0.39, 0.29) is 17.9 Å². The van der Waals surface area contributed by atoms with Crippen molar-refractivity contribution in [2.45, 2.75) is 32.5 Å². The Hall–Kier alpha value is -3.44. The van der Waals surface area contributed by atoms with E-state index in [2.05, 4.69) is 60.4 Å². The van der Waals surface area contributed by atoms with Crippen LogP contribution in [0.2, 0.25) is 0 Å². The molecule has 0 spiro atoms. The number of fused-ring (bicyclic) bond motifs is 1. The molecule has 0 aromatic heterocycles. The number of benzene rings is 3. The highest BCUT2D eigenvalue weighted by Gasteiger charge is 2.35. The number of aryl methyl sites for hydroxylation is 1. The van der Waals surface area contributed by atoms with Crippen LogP contribution >= 0.6 is 0 Å². The number of carbonyl (C=O) groups is 2. The Balaban J connectivity index is 1.28. The average Bonchev–Trinajstić information content (AvgIpc) is 3.20. The van der Waals surface area contributed by atoms with Crippen molar-refractivity contribution in [1.29, 1.82) is 0 Å². The van der Waals surface area contributed by atoms with E-state index < -0.39 is 0 Å². The zero-order chi connectivity index (χ0) is 23.5. The monoisotopic (exact) mass is 453 g/mol. The summed E-state index contributed by atoms with van der Waals surface area (Å²) < 4.78 is 0. The summed E-state index contributed by atoms with van der Waals surface area (Å²) in [4.78, 5) is 32.9. The fourth-order valence-electron chi connectivity index (χ4n) is 5.02. The minimum Gasteiger partial charge on any atom is -0.340 e. The second-order valence-corrected chi connectivity index (χ2v) is 9.36. The maximum Gasteiger partial charge on any atom is 0.255 e. The molecule has 1 atom stereocenters. The summed E-state index contributed by atoms with van der Waals surface area (Å²) in [6.07, 6.45) is 0.307. The summed E-state index contributed by atoms with van der Waals surface area (Å²) in [6, 6.07) is 26.2. The van der Waals surface area contributed by atoms with Gasteiger partial charge in [0, 0.05) is 44.8 Å². The Kier molecular flexibility index (Phi) is 6.45. The molecule has 5 rings (SSSR count). The van der Waals surface area contributed by atoms with E-state index in [1.807, 2.05) is 40.1 Å². The van der Waals surface area contributed by atoms with Gasteiger partial charge in [0.25, 0.3) is 5.91 Å². The SMILES string of the molecule is Cc1ccc([C@@H](CC(=O)N2CCN(Cc3ccccc3)CC2)N2Cc3ccccc3C2=O)cc1. The Morgan fingerprint density at radius 3 is 2.24 bits per heavy atom. The third kappa shape index (κ3) is 4.75. The molecule has 174 valence electrons. The second-order valence-electron chi connectivity index (χ2n) is 9.36. The van der Waals surface area contributed by atoms with Crippen LogP contribution in [0.25, 0.3) is 0 Å². The van der Waals surface area contributed by atoms with E-state index in [1.165, 1.54) is 11.1 Å². The van der Waals surface area contributed by atoms with Gasteiger partial charge in [0.05, 0.1) is 12.5 Å². The molecule has 0 radical (unpaired) electrons. The van der Waals surface area contributed by atoms with Crippen LogP contribution in [0.5, 0.6) is 0 Å². The van der Waals surface area contributed by atoms with Crippen LogP contribution in [0.3, 0.4) is 0 Å². The summed E-state index contributed by atoms with van der Waals surface area (Å²) in [6.45, 7) is 6.69. The highest BCUT2D eigenvalue weighted by atomic mass is 16.2. The van der Waals surface area contributed by atoms with Crippen LogP contribution < -0.4 is 0 Å². The molecular formula is C29H31N3O2. The topological polar surface area (TPSA) is 43.9 Å². The molecule has 2 aliphatic heterocycles. The summed E-state index contributed by atoms with van der Waals surface area (Å²) in [5.41, 5.74) is 5.27. The number of amides is 2. The molecule has 1 fully saturated rings. The van der Waals surface area contributed by atoms with Crippen LogP contribution in [-0.4, -0.2) is 52.7 Å². The van der Waals surface area contributed by atoms with Crippen molar-refractivity contribution in [2.24, 2.45) is 0 Å². The molecule has 2 aliphatic rings. The smallest absolute Gasteiger partial charge is 0.255 e. The number of nitrogens with zero attached hydrogens (tertiary/aromatic N) is 3. The molecule has 1 saturated heterocycles. The highest BCUT2D eigenvalue weighted by Crippen LogP contribution is 2.34. The maximum absolute atomic E-state index is 13.4. The second kappa shape index (κ2) is 9.82. The van der Waals surface area contributed by atoms with Crippen molar-refractivity contribution in [3.8, 4) is 0 Å². The fraction of sp³-hybridized carbons (Fsp3) is 0.310. The highest BCUT2D eigenvalue weighted by molar-refractivity contribution is 5.98.